The van der Waals surface area contributed by atoms with E-state index in [0.29, 0.717) is 10.6 Å². The van der Waals surface area contributed by atoms with Gasteiger partial charge in [-0.1, -0.05) is 28.7 Å². The summed E-state index contributed by atoms with van der Waals surface area (Å²) in [5, 5.41) is 44.2. The van der Waals surface area contributed by atoms with E-state index in [-0.39, 0.29) is 57.8 Å². The lowest BCUT2D eigenvalue weighted by molar-refractivity contribution is -0.745. The number of nitrogens with one attached hydrogen (secondary N) is 2. The molecule has 444 valence electrons. The third-order valence-corrected chi connectivity index (χ3v) is 18.2. The summed E-state index contributed by atoms with van der Waals surface area (Å²) in [4.78, 5) is 96.9. The van der Waals surface area contributed by atoms with Gasteiger partial charge < -0.3 is 76.1 Å². The summed E-state index contributed by atoms with van der Waals surface area (Å²) < 4.78 is 110. The first kappa shape index (κ1) is 59.5. The second-order valence-corrected chi connectivity index (χ2v) is 24.6. The summed E-state index contributed by atoms with van der Waals surface area (Å²) in [6, 6.07) is 6.57. The van der Waals surface area contributed by atoms with Gasteiger partial charge in [-0.2, -0.15) is 13.6 Å². The van der Waals surface area contributed by atoms with Gasteiger partial charge in [-0.15, -0.1) is 0 Å². The standard InChI is InChI=1S/C38H46ClN15O24P4/c1-69-27-26(76-79(61,62)70-7-16-22(55)24(57)34(73-16)53-12-46-20-30(53)47-37(41)49-32(20)59)18(75-36(27)52-11-45-19-28(40)43-10-44-29(19)52)9-72-81(65,66)78-82(67,68)77-80(63,64)71-8-17-23(56)25(58)35(74-17)54-13-51(6-14-2-4-15(39)5-3-14)21-31(54)48-38(42)50-33(21)60/h2-5,10-13,16-18,22-27,34-36,55-58H,6-9H2,1H3,(H11-,40,41,42,43,44,47,48,49,50,59,60,61,62,63,64,65,66,67,68)/p+1. The van der Waals surface area contributed by atoms with E-state index >= 15 is 0 Å². The number of phosphoric ester groups is 3. The van der Waals surface area contributed by atoms with Crippen LogP contribution in [0.1, 0.15) is 24.2 Å². The van der Waals surface area contributed by atoms with Gasteiger partial charge in [0.2, 0.25) is 17.7 Å². The fourth-order valence-corrected chi connectivity index (χ4v) is 13.7. The first-order valence-corrected chi connectivity index (χ1v) is 29.7. The van der Waals surface area contributed by atoms with Crippen LogP contribution in [0.4, 0.5) is 17.7 Å². The monoisotopic (exact) mass is 1260 g/mol. The molecule has 6 aromatic heterocycles. The van der Waals surface area contributed by atoms with E-state index in [2.05, 4.69) is 48.5 Å². The summed E-state index contributed by atoms with van der Waals surface area (Å²) in [7, 11) is -22.5. The van der Waals surface area contributed by atoms with E-state index in [9.17, 15) is 67.8 Å². The minimum Gasteiger partial charge on any atom is -0.387 e. The maximum absolute atomic E-state index is 13.7. The predicted octanol–water partition coefficient (Wildman–Crippen LogP) is -2.55. The molecule has 0 saturated carbocycles. The van der Waals surface area contributed by atoms with Gasteiger partial charge in [-0.25, -0.2) is 42.8 Å². The molecular weight excluding hydrogens is 1210 g/mol. The van der Waals surface area contributed by atoms with E-state index in [0.717, 1.165) is 35.2 Å². The summed E-state index contributed by atoms with van der Waals surface area (Å²) >= 11 is 6.01. The molecular formula is C38H47ClN15O24P4+. The summed E-state index contributed by atoms with van der Waals surface area (Å²) in [6.07, 6.45) is -16.0. The molecule has 0 aliphatic carbocycles. The first-order valence-electron chi connectivity index (χ1n) is 23.4. The average molecular weight is 1260 g/mol. The van der Waals surface area contributed by atoms with Gasteiger partial charge in [-0.05, 0) is 17.7 Å². The Morgan fingerprint density at radius 3 is 1.91 bits per heavy atom. The number of halogens is 1. The number of imidazole rings is 3. The van der Waals surface area contributed by atoms with E-state index in [1.165, 1.54) is 15.5 Å². The van der Waals surface area contributed by atoms with E-state index in [1.807, 2.05) is 0 Å². The maximum atomic E-state index is 13.7. The van der Waals surface area contributed by atoms with Crippen LogP contribution in [0.15, 0.2) is 59.2 Å². The van der Waals surface area contributed by atoms with Crippen molar-refractivity contribution < 1.29 is 108 Å². The number of aliphatic hydroxyl groups excluding tert-OH is 4. The van der Waals surface area contributed by atoms with Crippen LogP contribution in [-0.4, -0.2) is 175 Å². The molecule has 0 bridgehead atoms. The number of phosphoric acid groups is 4. The predicted molar refractivity (Wildman–Crippen MR) is 269 cm³/mol. The number of methoxy groups -OCH3 is 1. The van der Waals surface area contributed by atoms with Gasteiger partial charge in [0.05, 0.1) is 39.0 Å². The van der Waals surface area contributed by atoms with Crippen LogP contribution >= 0.6 is 42.9 Å². The summed E-state index contributed by atoms with van der Waals surface area (Å²) in [6.45, 7) is -3.39. The Balaban J connectivity index is 0.799. The molecule has 16 N–H and O–H groups in total. The lowest BCUT2D eigenvalue weighted by atomic mass is 10.1. The van der Waals surface area contributed by atoms with Crippen LogP contribution in [0.2, 0.25) is 5.02 Å². The van der Waals surface area contributed by atoms with Crippen molar-refractivity contribution in [3.8, 4) is 0 Å². The Labute approximate surface area is 460 Å². The number of ether oxygens (including phenoxy) is 4. The number of H-pyrrole nitrogens is 2. The highest BCUT2D eigenvalue weighted by Crippen LogP contribution is 2.68. The Morgan fingerprint density at radius 2 is 1.24 bits per heavy atom. The number of aromatic amines is 2. The quantitative estimate of drug-likeness (QED) is 0.0260. The molecule has 39 nitrogen and oxygen atoms in total. The Bertz CT molecular complexity index is 3870. The van der Waals surface area contributed by atoms with E-state index in [1.54, 1.807) is 24.3 Å². The molecule has 7 aromatic rings. The second-order valence-electron chi connectivity index (χ2n) is 18.1. The van der Waals surface area contributed by atoms with Crippen LogP contribution in [0.3, 0.4) is 0 Å². The molecule has 16 atom stereocenters. The largest absolute Gasteiger partial charge is 0.490 e. The van der Waals surface area contributed by atoms with Crippen molar-refractivity contribution in [3.63, 3.8) is 0 Å². The van der Waals surface area contributed by atoms with Gasteiger partial charge >= 0.3 is 36.9 Å². The van der Waals surface area contributed by atoms with Crippen LogP contribution in [0, 0.1) is 0 Å². The second kappa shape index (κ2) is 22.7. The number of anilines is 3. The fraction of sp³-hybridized carbons (Fsp3) is 0.447. The Morgan fingerprint density at radius 1 is 0.671 bits per heavy atom. The SMILES string of the molecule is COC1C(OP(=O)(O)OCC2OC(n3cnc4c(=O)[nH]c(N)nc43)C(O)C2O)C(COP(=O)(O)OP(=O)(O)OP(=O)(O)OCC2OC([n+]3cn(Cc4ccc(Cl)cc4)c4c(=O)[nH]c(N)nc43)C(O)C2O)OC1n1cnc2c(N)ncnc21. The molecule has 16 unspecified atom stereocenters. The molecule has 9 heterocycles. The number of nitrogen functional groups attached to an aromatic ring is 3. The zero-order chi connectivity index (χ0) is 59.0. The van der Waals surface area contributed by atoms with Crippen molar-refractivity contribution in [1.29, 1.82) is 0 Å². The highest BCUT2D eigenvalue weighted by molar-refractivity contribution is 7.66. The number of nitrogens with zero attached hydrogens (tertiary/aromatic N) is 10. The fourth-order valence-electron chi connectivity index (χ4n) is 9.10. The molecule has 82 heavy (non-hydrogen) atoms. The van der Waals surface area contributed by atoms with Crippen molar-refractivity contribution in [2.75, 3.05) is 44.1 Å². The number of aliphatic hydroxyl groups is 4. The van der Waals surface area contributed by atoms with Gasteiger partial charge in [0.25, 0.3) is 17.1 Å². The smallest absolute Gasteiger partial charge is 0.387 e. The normalized spacial score (nSPS) is 28.9. The number of hydrogen-bond donors (Lipinski definition) is 13. The number of fused-ring (bicyclic) bond motifs is 3. The summed E-state index contributed by atoms with van der Waals surface area (Å²) in [5.74, 6) is -0.748. The van der Waals surface area contributed by atoms with Crippen LogP contribution < -0.4 is 32.9 Å². The van der Waals surface area contributed by atoms with Crippen molar-refractivity contribution in [3.05, 3.63) is 80.9 Å². The Kier molecular flexibility index (Phi) is 16.5. The molecule has 0 radical (unpaired) electrons. The number of benzene rings is 1. The molecule has 10 rings (SSSR count). The molecule has 44 heteroatoms. The molecule has 3 aliphatic rings. The molecule has 0 amide bonds. The minimum atomic E-state index is -6.24. The number of hydrogen-bond acceptors (Lipinski definition) is 29. The van der Waals surface area contributed by atoms with Crippen molar-refractivity contribution in [1.82, 2.24) is 53.6 Å². The molecule has 3 fully saturated rings. The van der Waals surface area contributed by atoms with Crippen molar-refractivity contribution >= 4 is 94.1 Å². The highest BCUT2D eigenvalue weighted by atomic mass is 35.5. The maximum Gasteiger partial charge on any atom is 0.490 e. The number of aromatic nitrogens is 12. The number of nitrogens with two attached hydrogens (primary N) is 3. The molecule has 1 aromatic carbocycles. The van der Waals surface area contributed by atoms with Gasteiger partial charge in [-0.3, -0.25) is 51.4 Å². The molecule has 3 aliphatic heterocycles. The van der Waals surface area contributed by atoms with Gasteiger partial charge in [0.15, 0.2) is 41.4 Å². The summed E-state index contributed by atoms with van der Waals surface area (Å²) in [5.41, 5.74) is 16.1. The van der Waals surface area contributed by atoms with Crippen molar-refractivity contribution in [2.45, 2.75) is 80.2 Å². The van der Waals surface area contributed by atoms with Crippen LogP contribution in [-0.2, 0) is 70.5 Å². The highest BCUT2D eigenvalue weighted by Gasteiger charge is 2.54. The Hall–Kier alpha value is -5.64. The zero-order valence-corrected chi connectivity index (χ0v) is 45.7. The van der Waals surface area contributed by atoms with Crippen LogP contribution in [0.25, 0.3) is 33.5 Å². The minimum absolute atomic E-state index is 0.00116. The first-order chi connectivity index (χ1) is 38.6. The molecule has 0 spiro atoms. The van der Waals surface area contributed by atoms with Gasteiger partial charge in [0, 0.05) is 12.1 Å². The number of rotatable bonds is 21. The van der Waals surface area contributed by atoms with Crippen LogP contribution in [0.5, 0.6) is 0 Å². The average Bonchev–Trinajstić information content (AvgIpc) is 4.38. The lowest BCUT2D eigenvalue weighted by Crippen LogP contribution is -2.46. The molecule has 3 saturated heterocycles. The third kappa shape index (κ3) is 12.2. The topological polar surface area (TPSA) is 562 Å². The van der Waals surface area contributed by atoms with Crippen molar-refractivity contribution in [2.24, 2.45) is 0 Å². The van der Waals surface area contributed by atoms with Gasteiger partial charge in [0.1, 0.15) is 66.8 Å². The van der Waals surface area contributed by atoms with E-state index < -0.39 is 136 Å². The third-order valence-electron chi connectivity index (χ3n) is 12.7. The lowest BCUT2D eigenvalue weighted by Gasteiger charge is -2.26. The zero-order valence-electron chi connectivity index (χ0n) is 41.4. The van der Waals surface area contributed by atoms with E-state index in [4.69, 9.17) is 65.8 Å².